The number of fused-ring (bicyclic) bond motifs is 3. The normalized spacial score (nSPS) is 21.6. The molecule has 3 fully saturated rings. The average molecular weight is 1510 g/mol. The highest BCUT2D eigenvalue weighted by Gasteiger charge is 2.35. The molecule has 12 aromatic heterocycles. The number of carbonyl (C=O) groups is 6. The number of aromatic nitrogens is 18. The van der Waals surface area contributed by atoms with E-state index in [0.29, 0.717) is 5.57 Å². The Morgan fingerprint density at radius 3 is 1.17 bits per heavy atom. The molecule has 3 N–H and O–H groups in total. The van der Waals surface area contributed by atoms with E-state index in [0.717, 1.165) is 51.5 Å². The monoisotopic (exact) mass is 1510 g/mol. The number of pyridine rings is 6. The zero-order valence-corrected chi connectivity index (χ0v) is 57.4. The number of hydrogen-bond donors (Lipinski definition) is 3. The molecular weight excluding hydrogens is 1410 g/mol. The lowest BCUT2D eigenvalue weighted by Gasteiger charge is -2.28. The van der Waals surface area contributed by atoms with Crippen molar-refractivity contribution in [2.24, 2.45) is 0 Å². The zero-order chi connectivity index (χ0) is 105. The maximum Gasteiger partial charge on any atom is 0.295 e. The van der Waals surface area contributed by atoms with Crippen LogP contribution < -0.4 is 14.2 Å². The molecule has 0 aliphatic carbocycles. The standard InChI is InChI=1S/2C26H24N8O3.C25H22N8O3/c2*1-15-5-6-19(28-11-15)22(27-3)17-7-9-33(10-8-17)26(36)24(35)18-12-29-23-21(18)20(37-4)13-30-25(23)34-14-31-16(2)32-34;1-15-30-14-33(31-15)24-22-20(19(36-3)13-29-24)17(12-28-22)23(34)25(35)32-10-7-16(8-11-32)21(26-2)18-6-4-5-9-27-18/h2*5-6,11-14,29H,7-10H2,1-2,4H3;4-6,9,12-14,28H,7-8,10-11H2,1,3H3/i2D3,5D,6D,7D2,8D2,9D2,10D2,11D;2D3,5D,6D,11D;1D3,7D2,8D2,10D2,11D2. The highest BCUT2D eigenvalue weighted by molar-refractivity contribution is 6.46. The van der Waals surface area contributed by atoms with Crippen LogP contribution in [-0.2, 0) is 14.4 Å². The van der Waals surface area contributed by atoms with Gasteiger partial charge >= 0.3 is 0 Å². The van der Waals surface area contributed by atoms with Crippen LogP contribution in [0.2, 0.25) is 0 Å². The molecular formula is C77H70N24O9. The van der Waals surface area contributed by atoms with Gasteiger partial charge in [0.15, 0.2) is 17.5 Å². The summed E-state index contributed by atoms with van der Waals surface area (Å²) in [5.41, 5.74) is -5.97. The first-order valence-electron chi connectivity index (χ1n) is 47.2. The molecule has 33 heteroatoms. The van der Waals surface area contributed by atoms with E-state index in [2.05, 4.69) is 89.6 Å². The maximum atomic E-state index is 13.9. The number of likely N-dealkylation sites (tertiary alicyclic amines) is 3. The van der Waals surface area contributed by atoms with E-state index in [4.69, 9.17) is 76.4 Å². The summed E-state index contributed by atoms with van der Waals surface area (Å²) in [5, 5.41) is 11.7. The number of ether oxygens (including phenoxy) is 3. The van der Waals surface area contributed by atoms with Crippen molar-refractivity contribution in [3.63, 3.8) is 0 Å². The molecule has 0 bridgehead atoms. The maximum absolute atomic E-state index is 13.9. The number of ketones is 3. The van der Waals surface area contributed by atoms with Crippen molar-refractivity contribution in [1.82, 2.24) is 104 Å². The third-order valence-corrected chi connectivity index (χ3v) is 16.2. The molecule has 3 aliphatic rings. The first-order valence-corrected chi connectivity index (χ1v) is 31.7. The Morgan fingerprint density at radius 2 is 0.836 bits per heavy atom. The highest BCUT2D eigenvalue weighted by atomic mass is 16.5. The van der Waals surface area contributed by atoms with Gasteiger partial charge in [-0.3, -0.25) is 43.7 Å². The van der Waals surface area contributed by atoms with Gasteiger partial charge in [-0.05, 0) is 108 Å². The topological polar surface area (TPSA) is 370 Å². The summed E-state index contributed by atoms with van der Waals surface area (Å²) in [5.74, 6) is -10.4. The number of hydrogen-bond acceptors (Lipinski definition) is 21. The van der Waals surface area contributed by atoms with Gasteiger partial charge in [0.1, 0.15) is 53.7 Å². The van der Waals surface area contributed by atoms with Crippen molar-refractivity contribution in [3.05, 3.63) is 230 Å². The summed E-state index contributed by atoms with van der Waals surface area (Å²) in [4.78, 5) is 136. The largest absolute Gasteiger partial charge is 0.494 e. The number of amides is 3. The van der Waals surface area contributed by atoms with Crippen molar-refractivity contribution in [1.29, 1.82) is 0 Å². The summed E-state index contributed by atoms with van der Waals surface area (Å²) < 4.78 is 274. The second-order valence-corrected chi connectivity index (χ2v) is 22.7. The fourth-order valence-electron chi connectivity index (χ4n) is 11.0. The van der Waals surface area contributed by atoms with Gasteiger partial charge in [-0.2, -0.15) is 15.3 Å². The van der Waals surface area contributed by atoms with E-state index >= 15 is 0 Å². The van der Waals surface area contributed by atoms with E-state index in [1.54, 1.807) is 0 Å². The molecule has 0 unspecified atom stereocenters. The van der Waals surface area contributed by atoms with Crippen molar-refractivity contribution >= 4 is 84.9 Å². The average Bonchev–Trinajstić information content (AvgIpc) is 0.904. The predicted molar refractivity (Wildman–Crippen MR) is 400 cm³/mol. The van der Waals surface area contributed by atoms with E-state index in [9.17, 15) is 28.8 Å². The molecule has 3 aliphatic heterocycles. The van der Waals surface area contributed by atoms with Crippen molar-refractivity contribution in [2.75, 3.05) is 60.4 Å². The fourth-order valence-corrected chi connectivity index (χ4v) is 11.0. The quantitative estimate of drug-likeness (QED) is 0.0488. The van der Waals surface area contributed by atoms with Crippen molar-refractivity contribution < 1.29 is 85.5 Å². The van der Waals surface area contributed by atoms with E-state index < -0.39 is 186 Å². The Hall–Kier alpha value is -14.6. The van der Waals surface area contributed by atoms with Crippen LogP contribution in [0.1, 0.15) is 158 Å². The van der Waals surface area contributed by atoms with Crippen molar-refractivity contribution in [3.8, 4) is 34.7 Å². The van der Waals surface area contributed by atoms with Crippen LogP contribution in [0.3, 0.4) is 0 Å². The van der Waals surface area contributed by atoms with Gasteiger partial charge in [0, 0.05) is 110 Å². The van der Waals surface area contributed by atoms with Gasteiger partial charge in [-0.25, -0.2) is 58.5 Å². The van der Waals surface area contributed by atoms with Gasteiger partial charge in [-0.15, -0.1) is 0 Å². The summed E-state index contributed by atoms with van der Waals surface area (Å²) in [6.45, 7) is 2.84. The Morgan fingerprint density at radius 1 is 0.473 bits per heavy atom. The van der Waals surface area contributed by atoms with E-state index in [-0.39, 0.29) is 151 Å². The van der Waals surface area contributed by atoms with Gasteiger partial charge in [0.25, 0.3) is 35.1 Å². The second kappa shape index (κ2) is 32.0. The Labute approximate surface area is 671 Å². The van der Waals surface area contributed by atoms with Crippen LogP contribution in [0.15, 0.2) is 134 Å². The summed E-state index contributed by atoms with van der Waals surface area (Å²) in [6.07, 6.45) is -3.81. The number of nitrogens with one attached hydrogen (secondary N) is 3. The minimum atomic E-state index is -3.92. The SMILES string of the molecule is [2H]C([2H])([2H])c1ncn(-c2ncc(OC)c3c(C(=O)C(=O)N4C([2H])([2H])C([2H])([2H])C(=C([N+]#[C-])c5ccccn5)C([2H])([2H])C4([2H])[2H])c[nH]c23)n1.[2H]c1nc(C([N+]#[C-])=C2C([2H])([2H])C([2H])([2H])N(C(=O)C(=O)c3c[nH]c4c(-n5cnc(C([2H])([2H])[2H])n5)ncc(OC)c34)C([2H])([2H])C2([2H])[2H])c([2H])c([2H])c1C.[2H]c1nc(C([N+]#[C-])=C2CCN(C(=O)C(=O)c3c[nH]c4c(-n5cnc(C([2H])([2H])[2H])n5)ncc(OC)c34)CC2)c([2H])c([2H])c1C. The number of piperidine rings is 3. The number of nitrogens with zero attached hydrogens (tertiary/aromatic N) is 21. The lowest BCUT2D eigenvalue weighted by Crippen LogP contribution is -2.40. The first kappa shape index (κ1) is 44.4. The molecule has 0 aromatic carbocycles. The minimum Gasteiger partial charge on any atom is -0.494 e. The lowest BCUT2D eigenvalue weighted by atomic mass is 9.99. The van der Waals surface area contributed by atoms with Gasteiger partial charge in [0.2, 0.25) is 17.1 Å². The molecule has 15 heterocycles. The van der Waals surface area contributed by atoms with Crippen LogP contribution in [-0.4, -0.2) is 199 Å². The predicted octanol–water partition coefficient (Wildman–Crippen LogP) is 9.59. The van der Waals surface area contributed by atoms with E-state index in [1.165, 1.54) is 83.2 Å². The van der Waals surface area contributed by atoms with Crippen LogP contribution in [0.5, 0.6) is 17.2 Å². The summed E-state index contributed by atoms with van der Waals surface area (Å²) >= 11 is 0. The second-order valence-electron chi connectivity index (χ2n) is 22.7. The van der Waals surface area contributed by atoms with Crippen molar-refractivity contribution in [2.45, 2.75) is 72.7 Å². The summed E-state index contributed by atoms with van der Waals surface area (Å²) in [7, 11) is 3.76. The van der Waals surface area contributed by atoms with Gasteiger partial charge in [-0.1, -0.05) is 34.9 Å². The molecule has 552 valence electrons. The fraction of sp³-hybridized carbons (Fsp3) is 0.260. The molecule has 12 aromatic rings. The number of aryl methyl sites for hydroxylation is 3. The molecule has 0 atom stereocenters. The highest BCUT2D eigenvalue weighted by Crippen LogP contribution is 2.37. The molecule has 15 rings (SSSR count). The molecule has 110 heavy (non-hydrogen) atoms. The number of rotatable bonds is 15. The van der Waals surface area contributed by atoms with Crippen LogP contribution in [0, 0.1) is 54.1 Å². The molecule has 3 amide bonds. The molecule has 3 saturated heterocycles. The summed E-state index contributed by atoms with van der Waals surface area (Å²) in [6, 6.07) is 2.24. The number of H-pyrrole nitrogens is 3. The minimum absolute atomic E-state index is 0.0218. The number of carbonyl (C=O) groups excluding carboxylic acids is 6. The Balaban J connectivity index is 0.000000178. The molecule has 0 spiro atoms. The third kappa shape index (κ3) is 14.8. The third-order valence-electron chi connectivity index (χ3n) is 16.2. The smallest absolute Gasteiger partial charge is 0.295 e. The number of methoxy groups -OCH3 is 3. The van der Waals surface area contributed by atoms with Crippen LogP contribution in [0.4, 0.5) is 0 Å². The lowest BCUT2D eigenvalue weighted by molar-refractivity contribution is -0.127. The molecule has 33 nitrogen and oxygen atoms in total. The number of aromatic amines is 3. The van der Waals surface area contributed by atoms with Gasteiger partial charge in [0.05, 0.1) is 134 Å². The first-order chi connectivity index (χ1) is 65.5. The van der Waals surface area contributed by atoms with Gasteiger partial charge < -0.3 is 43.9 Å². The zero-order valence-electron chi connectivity index (χ0n) is 88.4. The number of Topliss-reactive ketones (excluding diaryl/α,β-unsaturated/α-hetero) is 3. The molecule has 0 saturated carbocycles. The Bertz CT molecular complexity index is 7390. The van der Waals surface area contributed by atoms with Crippen LogP contribution >= 0.6 is 0 Å². The van der Waals surface area contributed by atoms with Crippen LogP contribution in [0.25, 0.3) is 81.8 Å². The van der Waals surface area contributed by atoms with E-state index in [1.807, 2.05) is 0 Å². The molecule has 0 radical (unpaired) electrons. The Kier molecular flexibility index (Phi) is 12.9.